The van der Waals surface area contributed by atoms with Gasteiger partial charge in [0.05, 0.1) is 18.8 Å². The molecule has 0 saturated heterocycles. The topological polar surface area (TPSA) is 63.9 Å². The first kappa shape index (κ1) is 14.2. The molecule has 4 nitrogen and oxygen atoms in total. The van der Waals surface area contributed by atoms with Crippen molar-refractivity contribution in [2.45, 2.75) is 19.1 Å². The fraction of sp³-hybridized carbons (Fsp3) is 1.00. The van der Waals surface area contributed by atoms with Gasteiger partial charge in [-0.25, -0.2) is 0 Å². The average Bonchev–Trinajstić information content (AvgIpc) is 2.14. The SMILES string of the molecule is CN(C)CC(C)(CO)C(O)C(O)CS. The van der Waals surface area contributed by atoms with Gasteiger partial charge in [-0.3, -0.25) is 0 Å². The van der Waals surface area contributed by atoms with Crippen LogP contribution < -0.4 is 0 Å². The van der Waals surface area contributed by atoms with Crippen molar-refractivity contribution in [1.29, 1.82) is 0 Å². The van der Waals surface area contributed by atoms with Crippen LogP contribution in [0.2, 0.25) is 0 Å². The van der Waals surface area contributed by atoms with E-state index in [0.29, 0.717) is 6.54 Å². The Morgan fingerprint density at radius 3 is 2.14 bits per heavy atom. The fourth-order valence-corrected chi connectivity index (χ4v) is 1.72. The monoisotopic (exact) mass is 223 g/mol. The molecule has 0 radical (unpaired) electrons. The number of hydrogen-bond acceptors (Lipinski definition) is 5. The van der Waals surface area contributed by atoms with E-state index in [1.807, 2.05) is 19.0 Å². The molecule has 0 aromatic carbocycles. The molecule has 0 aliphatic heterocycles. The summed E-state index contributed by atoms with van der Waals surface area (Å²) in [7, 11) is 3.71. The van der Waals surface area contributed by atoms with Crippen LogP contribution in [-0.4, -0.2) is 65.4 Å². The normalized spacial score (nSPS) is 20.6. The van der Waals surface area contributed by atoms with Gasteiger partial charge in [0.25, 0.3) is 0 Å². The highest BCUT2D eigenvalue weighted by Crippen LogP contribution is 2.24. The predicted octanol–water partition coefficient (Wildman–Crippen LogP) is -0.802. The first-order valence-corrected chi connectivity index (χ1v) is 5.23. The van der Waals surface area contributed by atoms with E-state index in [4.69, 9.17) is 0 Å². The van der Waals surface area contributed by atoms with Crippen molar-refractivity contribution in [3.63, 3.8) is 0 Å². The van der Waals surface area contributed by atoms with E-state index in [0.717, 1.165) is 0 Å². The van der Waals surface area contributed by atoms with Gasteiger partial charge in [0.2, 0.25) is 0 Å². The molecular weight excluding hydrogens is 202 g/mol. The molecule has 0 aromatic rings. The van der Waals surface area contributed by atoms with Gasteiger partial charge in [0, 0.05) is 17.7 Å². The Hall–Kier alpha value is 0.190. The summed E-state index contributed by atoms with van der Waals surface area (Å²) in [4.78, 5) is 1.87. The van der Waals surface area contributed by atoms with Crippen molar-refractivity contribution in [2.75, 3.05) is 33.0 Å². The third-order valence-electron chi connectivity index (χ3n) is 2.30. The molecular formula is C9H21NO3S. The van der Waals surface area contributed by atoms with Crippen molar-refractivity contribution >= 4 is 12.6 Å². The fourth-order valence-electron chi connectivity index (χ4n) is 1.52. The molecule has 0 rings (SSSR count). The van der Waals surface area contributed by atoms with Crippen molar-refractivity contribution in [1.82, 2.24) is 4.90 Å². The maximum atomic E-state index is 9.80. The number of nitrogens with zero attached hydrogens (tertiary/aromatic N) is 1. The van der Waals surface area contributed by atoms with Crippen LogP contribution in [0.1, 0.15) is 6.92 Å². The minimum absolute atomic E-state index is 0.169. The lowest BCUT2D eigenvalue weighted by atomic mass is 9.82. The first-order valence-electron chi connectivity index (χ1n) is 4.60. The molecule has 14 heavy (non-hydrogen) atoms. The van der Waals surface area contributed by atoms with Gasteiger partial charge in [-0.05, 0) is 14.1 Å². The van der Waals surface area contributed by atoms with Gasteiger partial charge >= 0.3 is 0 Å². The van der Waals surface area contributed by atoms with Crippen LogP contribution in [0.25, 0.3) is 0 Å². The van der Waals surface area contributed by atoms with Gasteiger partial charge in [0.15, 0.2) is 0 Å². The summed E-state index contributed by atoms with van der Waals surface area (Å²) in [6.45, 7) is 2.08. The molecule has 0 aliphatic rings. The molecule has 86 valence electrons. The van der Waals surface area contributed by atoms with Gasteiger partial charge in [0.1, 0.15) is 0 Å². The van der Waals surface area contributed by atoms with E-state index < -0.39 is 17.6 Å². The molecule has 0 aliphatic carbocycles. The third kappa shape index (κ3) is 3.74. The Kier molecular flexibility index (Phi) is 6.00. The standard InChI is InChI=1S/C9H21NO3S/c1-9(6-11,5-10(2)3)8(13)7(12)4-14/h7-8,11-14H,4-6H2,1-3H3. The summed E-state index contributed by atoms with van der Waals surface area (Å²) < 4.78 is 0. The van der Waals surface area contributed by atoms with Crippen molar-refractivity contribution in [2.24, 2.45) is 5.41 Å². The largest absolute Gasteiger partial charge is 0.396 e. The Morgan fingerprint density at radius 1 is 1.36 bits per heavy atom. The number of aliphatic hydroxyl groups is 3. The van der Waals surface area contributed by atoms with Crippen LogP contribution >= 0.6 is 12.6 Å². The van der Waals surface area contributed by atoms with Crippen LogP contribution in [0.4, 0.5) is 0 Å². The van der Waals surface area contributed by atoms with Crippen LogP contribution in [0, 0.1) is 5.41 Å². The summed E-state index contributed by atoms with van der Waals surface area (Å²) in [5.41, 5.74) is -0.717. The highest BCUT2D eigenvalue weighted by molar-refractivity contribution is 7.80. The van der Waals surface area contributed by atoms with E-state index >= 15 is 0 Å². The molecule has 3 N–H and O–H groups in total. The summed E-state index contributed by atoms with van der Waals surface area (Å²) in [6.07, 6.45) is -1.87. The molecule has 0 fully saturated rings. The maximum absolute atomic E-state index is 9.80. The Bertz CT molecular complexity index is 168. The molecule has 0 aromatic heterocycles. The van der Waals surface area contributed by atoms with E-state index in [-0.39, 0.29) is 12.4 Å². The zero-order valence-electron chi connectivity index (χ0n) is 9.01. The van der Waals surface area contributed by atoms with Crippen LogP contribution in [0.5, 0.6) is 0 Å². The van der Waals surface area contributed by atoms with Gasteiger partial charge in [-0.2, -0.15) is 12.6 Å². The van der Waals surface area contributed by atoms with Crippen LogP contribution in [0.15, 0.2) is 0 Å². The number of hydrogen-bond donors (Lipinski definition) is 4. The van der Waals surface area contributed by atoms with Crippen molar-refractivity contribution < 1.29 is 15.3 Å². The molecule has 3 atom stereocenters. The Morgan fingerprint density at radius 2 is 1.86 bits per heavy atom. The quantitative estimate of drug-likeness (QED) is 0.445. The average molecular weight is 223 g/mol. The minimum atomic E-state index is -0.965. The van der Waals surface area contributed by atoms with Gasteiger partial charge in [-0.1, -0.05) is 6.92 Å². The van der Waals surface area contributed by atoms with E-state index in [9.17, 15) is 15.3 Å². The molecule has 0 saturated carbocycles. The minimum Gasteiger partial charge on any atom is -0.396 e. The predicted molar refractivity (Wildman–Crippen MR) is 59.6 cm³/mol. The Labute approximate surface area is 91.0 Å². The lowest BCUT2D eigenvalue weighted by molar-refractivity contribution is -0.0787. The van der Waals surface area contributed by atoms with Gasteiger partial charge < -0.3 is 20.2 Å². The third-order valence-corrected chi connectivity index (χ3v) is 2.68. The second kappa shape index (κ2) is 5.92. The van der Waals surface area contributed by atoms with E-state index in [1.54, 1.807) is 6.92 Å². The lowest BCUT2D eigenvalue weighted by Gasteiger charge is -2.37. The molecule has 3 unspecified atom stereocenters. The van der Waals surface area contributed by atoms with Crippen LogP contribution in [-0.2, 0) is 0 Å². The molecule has 0 bridgehead atoms. The summed E-state index contributed by atoms with van der Waals surface area (Å²) in [6, 6.07) is 0. The van der Waals surface area contributed by atoms with Crippen LogP contribution in [0.3, 0.4) is 0 Å². The van der Waals surface area contributed by atoms with Crippen molar-refractivity contribution in [3.8, 4) is 0 Å². The highest BCUT2D eigenvalue weighted by Gasteiger charge is 2.37. The second-order valence-corrected chi connectivity index (χ2v) is 4.61. The zero-order chi connectivity index (χ0) is 11.4. The second-order valence-electron chi connectivity index (χ2n) is 4.24. The molecule has 5 heteroatoms. The van der Waals surface area contributed by atoms with E-state index in [1.165, 1.54) is 0 Å². The maximum Gasteiger partial charge on any atom is 0.0894 e. The number of thiol groups is 1. The lowest BCUT2D eigenvalue weighted by Crippen LogP contribution is -2.50. The Balaban J connectivity index is 4.49. The van der Waals surface area contributed by atoms with E-state index in [2.05, 4.69) is 12.6 Å². The number of rotatable bonds is 6. The van der Waals surface area contributed by atoms with Crippen molar-refractivity contribution in [3.05, 3.63) is 0 Å². The highest BCUT2D eigenvalue weighted by atomic mass is 32.1. The summed E-state index contributed by atoms with van der Waals surface area (Å²) in [5, 5.41) is 28.5. The molecule has 0 spiro atoms. The first-order chi connectivity index (χ1) is 6.37. The zero-order valence-corrected chi connectivity index (χ0v) is 9.91. The number of aliphatic hydroxyl groups excluding tert-OH is 3. The molecule has 0 heterocycles. The summed E-state index contributed by atoms with van der Waals surface area (Å²) >= 11 is 3.91. The smallest absolute Gasteiger partial charge is 0.0894 e. The summed E-state index contributed by atoms with van der Waals surface area (Å²) in [5.74, 6) is 0.185. The molecule has 0 amide bonds. The van der Waals surface area contributed by atoms with Gasteiger partial charge in [-0.15, -0.1) is 0 Å².